The van der Waals surface area contributed by atoms with Crippen molar-refractivity contribution in [2.75, 3.05) is 0 Å². The molecule has 2 aromatic rings. The smallest absolute Gasteiger partial charge is 0.196 e. The maximum atomic E-state index is 13.7. The van der Waals surface area contributed by atoms with Crippen LogP contribution in [-0.2, 0) is 0 Å². The van der Waals surface area contributed by atoms with Crippen LogP contribution in [0.5, 0.6) is 0 Å². The molecule has 0 spiro atoms. The first kappa shape index (κ1) is 13.1. The van der Waals surface area contributed by atoms with Crippen molar-refractivity contribution in [3.8, 4) is 0 Å². The lowest BCUT2D eigenvalue weighted by molar-refractivity contribution is 0.103. The molecule has 0 bridgehead atoms. The van der Waals surface area contributed by atoms with Crippen LogP contribution in [0.15, 0.2) is 36.4 Å². The number of aryl methyl sites for hydroxylation is 1. The summed E-state index contributed by atoms with van der Waals surface area (Å²) < 4.78 is 27.9. The van der Waals surface area contributed by atoms with E-state index in [0.29, 0.717) is 5.56 Å². The molecule has 0 unspecified atom stereocenters. The molecule has 0 saturated carbocycles. The second kappa shape index (κ2) is 5.14. The van der Waals surface area contributed by atoms with Gasteiger partial charge in [0, 0.05) is 9.13 Å². The van der Waals surface area contributed by atoms with Crippen LogP contribution in [0.3, 0.4) is 0 Å². The fraction of sp³-hybridized carbons (Fsp3) is 0.0714. The summed E-state index contributed by atoms with van der Waals surface area (Å²) in [5.41, 5.74) is 0.302. The number of benzene rings is 2. The van der Waals surface area contributed by atoms with Gasteiger partial charge in [-0.2, -0.15) is 0 Å². The minimum absolute atomic E-state index is 0.187. The molecule has 0 heterocycles. The van der Waals surface area contributed by atoms with Crippen molar-refractivity contribution in [2.24, 2.45) is 0 Å². The first-order chi connectivity index (χ1) is 8.49. The number of carbonyl (C=O) groups excluding carboxylic acids is 1. The van der Waals surface area contributed by atoms with Gasteiger partial charge in [-0.1, -0.05) is 12.1 Å². The Kier molecular flexibility index (Phi) is 3.75. The van der Waals surface area contributed by atoms with E-state index in [1.807, 2.05) is 6.07 Å². The van der Waals surface area contributed by atoms with Crippen LogP contribution >= 0.6 is 22.6 Å². The van der Waals surface area contributed by atoms with Gasteiger partial charge >= 0.3 is 0 Å². The average molecular weight is 358 g/mol. The lowest BCUT2D eigenvalue weighted by Gasteiger charge is -2.05. The highest BCUT2D eigenvalue weighted by Gasteiger charge is 2.16. The summed E-state index contributed by atoms with van der Waals surface area (Å²) in [6.45, 7) is 1.46. The average Bonchev–Trinajstić information content (AvgIpc) is 2.33. The zero-order chi connectivity index (χ0) is 13.3. The molecule has 0 aliphatic rings. The van der Waals surface area contributed by atoms with E-state index in [1.165, 1.54) is 6.92 Å². The number of hydrogen-bond acceptors (Lipinski definition) is 1. The topological polar surface area (TPSA) is 17.1 Å². The molecule has 2 rings (SSSR count). The molecule has 4 heteroatoms. The van der Waals surface area contributed by atoms with Crippen LogP contribution in [0.4, 0.5) is 8.78 Å². The van der Waals surface area contributed by atoms with Crippen molar-refractivity contribution >= 4 is 28.4 Å². The third-order valence-corrected chi connectivity index (χ3v) is 3.25. The Morgan fingerprint density at radius 3 is 2.50 bits per heavy atom. The first-order valence-electron chi connectivity index (χ1n) is 5.25. The summed E-state index contributed by atoms with van der Waals surface area (Å²) in [6.07, 6.45) is 0. The Bertz CT molecular complexity index is 623. The van der Waals surface area contributed by atoms with E-state index in [4.69, 9.17) is 0 Å². The molecular formula is C14H9F2IO. The summed E-state index contributed by atoms with van der Waals surface area (Å²) in [4.78, 5) is 12.1. The Morgan fingerprint density at radius 1 is 1.11 bits per heavy atom. The maximum absolute atomic E-state index is 13.7. The Hall–Kier alpha value is -1.30. The summed E-state index contributed by atoms with van der Waals surface area (Å²) in [7, 11) is 0. The first-order valence-corrected chi connectivity index (χ1v) is 6.33. The van der Waals surface area contributed by atoms with Crippen LogP contribution in [0.2, 0.25) is 0 Å². The van der Waals surface area contributed by atoms with Crippen molar-refractivity contribution in [3.05, 3.63) is 68.3 Å². The van der Waals surface area contributed by atoms with Crippen molar-refractivity contribution in [3.63, 3.8) is 0 Å². The van der Waals surface area contributed by atoms with Gasteiger partial charge in [-0.15, -0.1) is 0 Å². The molecule has 0 amide bonds. The SMILES string of the molecule is Cc1cc(F)c(C(=O)c2cccc(I)c2)cc1F. The Labute approximate surface area is 117 Å². The van der Waals surface area contributed by atoms with Crippen molar-refractivity contribution in [2.45, 2.75) is 6.92 Å². The zero-order valence-corrected chi connectivity index (χ0v) is 11.7. The number of rotatable bonds is 2. The maximum Gasteiger partial charge on any atom is 0.196 e. The molecule has 0 radical (unpaired) electrons. The van der Waals surface area contributed by atoms with E-state index in [2.05, 4.69) is 22.6 Å². The largest absolute Gasteiger partial charge is 0.288 e. The molecule has 0 atom stereocenters. The van der Waals surface area contributed by atoms with Crippen LogP contribution < -0.4 is 0 Å². The minimum atomic E-state index is -0.697. The van der Waals surface area contributed by atoms with E-state index in [9.17, 15) is 13.6 Å². The molecule has 0 aliphatic carbocycles. The fourth-order valence-corrected chi connectivity index (χ4v) is 2.15. The summed E-state index contributed by atoms with van der Waals surface area (Å²) in [5.74, 6) is -1.78. The minimum Gasteiger partial charge on any atom is -0.288 e. The van der Waals surface area contributed by atoms with Gasteiger partial charge in [-0.3, -0.25) is 4.79 Å². The van der Waals surface area contributed by atoms with Crippen LogP contribution in [-0.4, -0.2) is 5.78 Å². The van der Waals surface area contributed by atoms with Gasteiger partial charge in [-0.25, -0.2) is 8.78 Å². The predicted octanol–water partition coefficient (Wildman–Crippen LogP) is 4.11. The normalized spacial score (nSPS) is 10.4. The zero-order valence-electron chi connectivity index (χ0n) is 9.51. The van der Waals surface area contributed by atoms with Crippen molar-refractivity contribution in [1.29, 1.82) is 0 Å². The summed E-state index contributed by atoms with van der Waals surface area (Å²) in [5, 5.41) is 0. The molecule has 0 aliphatic heterocycles. The molecule has 2 aromatic carbocycles. The fourth-order valence-electron chi connectivity index (χ4n) is 1.61. The van der Waals surface area contributed by atoms with Gasteiger partial charge in [-0.05, 0) is 59.3 Å². The number of halogens is 3. The van der Waals surface area contributed by atoms with Gasteiger partial charge in [0.2, 0.25) is 0 Å². The van der Waals surface area contributed by atoms with Gasteiger partial charge in [0.05, 0.1) is 5.56 Å². The molecule has 0 saturated heterocycles. The van der Waals surface area contributed by atoms with E-state index >= 15 is 0 Å². The van der Waals surface area contributed by atoms with E-state index in [1.54, 1.807) is 18.2 Å². The number of hydrogen-bond donors (Lipinski definition) is 0. The third kappa shape index (κ3) is 2.58. The lowest BCUT2D eigenvalue weighted by Crippen LogP contribution is -2.06. The van der Waals surface area contributed by atoms with E-state index in [-0.39, 0.29) is 11.1 Å². The van der Waals surface area contributed by atoms with Crippen molar-refractivity contribution < 1.29 is 13.6 Å². The number of carbonyl (C=O) groups is 1. The van der Waals surface area contributed by atoms with Crippen LogP contribution in [0.25, 0.3) is 0 Å². The molecule has 0 N–H and O–H groups in total. The Morgan fingerprint density at radius 2 is 1.83 bits per heavy atom. The molecule has 0 aromatic heterocycles. The second-order valence-electron chi connectivity index (χ2n) is 3.92. The Balaban J connectivity index is 2.49. The quantitative estimate of drug-likeness (QED) is 0.583. The molecule has 18 heavy (non-hydrogen) atoms. The van der Waals surface area contributed by atoms with Gasteiger partial charge in [0.15, 0.2) is 5.78 Å². The molecule has 92 valence electrons. The monoisotopic (exact) mass is 358 g/mol. The predicted molar refractivity (Wildman–Crippen MR) is 73.7 cm³/mol. The highest BCUT2D eigenvalue weighted by atomic mass is 127. The lowest BCUT2D eigenvalue weighted by atomic mass is 10.0. The second-order valence-corrected chi connectivity index (χ2v) is 5.17. The highest BCUT2D eigenvalue weighted by Crippen LogP contribution is 2.19. The van der Waals surface area contributed by atoms with E-state index < -0.39 is 17.4 Å². The molecule has 1 nitrogen and oxygen atoms in total. The molecule has 0 fully saturated rings. The third-order valence-electron chi connectivity index (χ3n) is 2.58. The van der Waals surface area contributed by atoms with Gasteiger partial charge in [0.1, 0.15) is 11.6 Å². The summed E-state index contributed by atoms with van der Waals surface area (Å²) in [6, 6.07) is 8.74. The highest BCUT2D eigenvalue weighted by molar-refractivity contribution is 14.1. The van der Waals surface area contributed by atoms with E-state index in [0.717, 1.165) is 15.7 Å². The van der Waals surface area contributed by atoms with Crippen LogP contribution in [0.1, 0.15) is 21.5 Å². The van der Waals surface area contributed by atoms with Gasteiger partial charge in [0.25, 0.3) is 0 Å². The van der Waals surface area contributed by atoms with Crippen LogP contribution in [0, 0.1) is 22.1 Å². The van der Waals surface area contributed by atoms with Crippen molar-refractivity contribution in [1.82, 2.24) is 0 Å². The summed E-state index contributed by atoms with van der Waals surface area (Å²) >= 11 is 2.06. The standard InChI is InChI=1S/C14H9F2IO/c1-8-5-13(16)11(7-12(8)15)14(18)9-3-2-4-10(17)6-9/h2-7H,1H3. The number of ketones is 1. The van der Waals surface area contributed by atoms with Gasteiger partial charge < -0.3 is 0 Å². The molecular weight excluding hydrogens is 349 g/mol.